The van der Waals surface area contributed by atoms with Crippen LogP contribution in [0.15, 0.2) is 0 Å². The van der Waals surface area contributed by atoms with E-state index in [-0.39, 0.29) is 24.6 Å². The molecule has 1 nitrogen and oxygen atoms in total. The van der Waals surface area contributed by atoms with Crippen molar-refractivity contribution in [3.63, 3.8) is 0 Å². The summed E-state index contributed by atoms with van der Waals surface area (Å²) in [6, 6.07) is 0. The van der Waals surface area contributed by atoms with Crippen molar-refractivity contribution in [1.29, 1.82) is 0 Å². The Bertz CT molecular complexity index is 121. The molecule has 0 aromatic heterocycles. The number of methoxy groups -OCH3 is 1. The zero-order valence-electron chi connectivity index (χ0n) is 10.3. The Hall–Kier alpha value is 0.750. The molecular weight excluding hydrogens is 288 g/mol. The Balaban J connectivity index is 3.34. The van der Waals surface area contributed by atoms with Gasteiger partial charge >= 0.3 is 100 Å². The molecule has 0 aromatic carbocycles. The molecule has 0 saturated carbocycles. The van der Waals surface area contributed by atoms with Gasteiger partial charge in [-0.15, -0.1) is 0 Å². The Morgan fingerprint density at radius 3 is 2.14 bits per heavy atom. The van der Waals surface area contributed by atoms with Gasteiger partial charge < -0.3 is 0 Å². The van der Waals surface area contributed by atoms with E-state index < -0.39 is 0 Å². The fraction of sp³-hybridized carbons (Fsp3) is 1.00. The summed E-state index contributed by atoms with van der Waals surface area (Å²) < 4.78 is 5.83. The van der Waals surface area contributed by atoms with E-state index in [0.717, 1.165) is 0 Å². The van der Waals surface area contributed by atoms with E-state index in [4.69, 9.17) is 4.74 Å². The monoisotopic (exact) mass is 316 g/mol. The maximum absolute atomic E-state index is 5.57. The molecule has 14 heavy (non-hydrogen) atoms. The minimum absolute atomic E-state index is 0.0395. The first-order valence-corrected chi connectivity index (χ1v) is 9.28. The zero-order valence-corrected chi connectivity index (χ0v) is 12.6. The maximum atomic E-state index is 5.57. The fourth-order valence-electron chi connectivity index (χ4n) is 1.51. The molecule has 86 valence electrons. The summed E-state index contributed by atoms with van der Waals surface area (Å²) >= 11 is 0.0395. The van der Waals surface area contributed by atoms with Crippen molar-refractivity contribution >= 4 is 20.9 Å². The van der Waals surface area contributed by atoms with E-state index in [2.05, 4.69) is 18.8 Å². The Morgan fingerprint density at radius 1 is 1.07 bits per heavy atom. The van der Waals surface area contributed by atoms with Crippen LogP contribution in [0.5, 0.6) is 0 Å². The van der Waals surface area contributed by atoms with E-state index in [0.29, 0.717) is 0 Å². The summed E-state index contributed by atoms with van der Waals surface area (Å²) in [6.07, 6.45) is 9.61. The summed E-state index contributed by atoms with van der Waals surface area (Å²) in [5, 5.41) is 0. The molecule has 1 unspecified atom stereocenters. The van der Waals surface area contributed by atoms with Gasteiger partial charge in [-0.05, 0) is 0 Å². The molecule has 0 aliphatic heterocycles. The van der Waals surface area contributed by atoms with Crippen LogP contribution in [0.2, 0.25) is 4.97 Å². The van der Waals surface area contributed by atoms with Crippen molar-refractivity contribution in [1.82, 2.24) is 0 Å². The molecule has 0 aliphatic rings. The third-order valence-electron chi connectivity index (χ3n) is 2.85. The molecule has 0 heterocycles. The molecule has 0 N–H and O–H groups in total. The molecule has 0 rings (SSSR count). The second kappa shape index (κ2) is 9.01. The van der Waals surface area contributed by atoms with Crippen molar-refractivity contribution in [3.8, 4) is 0 Å². The number of ether oxygens (including phenoxy) is 1. The van der Waals surface area contributed by atoms with Gasteiger partial charge in [0.2, 0.25) is 0 Å². The third-order valence-corrected chi connectivity index (χ3v) is 6.37. The standard InChI is InChI=1S/C12H26OTe/c1-5-6-7-8-9-10-11-12(2,13-3)14-4/h5-11H2,1-4H3. The first kappa shape index (κ1) is 14.7. The molecule has 0 bridgehead atoms. The number of rotatable bonds is 9. The fourth-order valence-corrected chi connectivity index (χ4v) is 2.98. The van der Waals surface area contributed by atoms with Gasteiger partial charge in [0.1, 0.15) is 0 Å². The Kier molecular flexibility index (Phi) is 9.49. The van der Waals surface area contributed by atoms with Gasteiger partial charge in [-0.1, -0.05) is 0 Å². The molecule has 0 fully saturated rings. The van der Waals surface area contributed by atoms with Crippen LogP contribution in [-0.2, 0) is 4.74 Å². The van der Waals surface area contributed by atoms with Gasteiger partial charge in [-0.25, -0.2) is 0 Å². The molecule has 1 atom stereocenters. The second-order valence-corrected chi connectivity index (χ2v) is 7.69. The van der Waals surface area contributed by atoms with Crippen molar-refractivity contribution in [3.05, 3.63) is 0 Å². The van der Waals surface area contributed by atoms with Gasteiger partial charge in [-0.2, -0.15) is 0 Å². The van der Waals surface area contributed by atoms with E-state index in [1.807, 2.05) is 7.11 Å². The van der Waals surface area contributed by atoms with Gasteiger partial charge in [0, 0.05) is 0 Å². The molecular formula is C12H26OTe. The van der Waals surface area contributed by atoms with Gasteiger partial charge in [0.25, 0.3) is 0 Å². The molecule has 0 aromatic rings. The van der Waals surface area contributed by atoms with Crippen LogP contribution < -0.4 is 0 Å². The predicted octanol–water partition coefficient (Wildman–Crippen LogP) is 3.85. The van der Waals surface area contributed by atoms with Crippen molar-refractivity contribution in [2.24, 2.45) is 0 Å². The first-order chi connectivity index (χ1) is 6.68. The van der Waals surface area contributed by atoms with Crippen LogP contribution >= 0.6 is 0 Å². The van der Waals surface area contributed by atoms with E-state index in [1.165, 1.54) is 44.9 Å². The summed E-state index contributed by atoms with van der Waals surface area (Å²) in [5.74, 6) is 0. The van der Waals surface area contributed by atoms with Crippen molar-refractivity contribution < 1.29 is 4.74 Å². The van der Waals surface area contributed by atoms with Crippen LogP contribution in [0.25, 0.3) is 0 Å². The predicted molar refractivity (Wildman–Crippen MR) is 65.0 cm³/mol. The molecule has 0 saturated heterocycles. The normalized spacial score (nSPS) is 15.4. The SMILES string of the molecule is CCCCCCCCC(C)(OC)[Te]C. The van der Waals surface area contributed by atoms with Gasteiger partial charge in [0.05, 0.1) is 0 Å². The minimum atomic E-state index is 0.0395. The average Bonchev–Trinajstić information content (AvgIpc) is 2.23. The molecule has 0 amide bonds. The van der Waals surface area contributed by atoms with Crippen LogP contribution in [0.1, 0.15) is 58.8 Å². The number of hydrogen-bond donors (Lipinski definition) is 0. The average molecular weight is 314 g/mol. The number of unbranched alkanes of at least 4 members (excludes halogenated alkanes) is 5. The number of hydrogen-bond acceptors (Lipinski definition) is 1. The summed E-state index contributed by atoms with van der Waals surface area (Å²) in [6.45, 7) is 4.55. The van der Waals surface area contributed by atoms with Crippen LogP contribution in [0.3, 0.4) is 0 Å². The van der Waals surface area contributed by atoms with E-state index >= 15 is 0 Å². The quantitative estimate of drug-likeness (QED) is 0.464. The zero-order chi connectivity index (χ0) is 10.9. The Morgan fingerprint density at radius 2 is 1.64 bits per heavy atom. The van der Waals surface area contributed by atoms with Gasteiger partial charge in [0.15, 0.2) is 0 Å². The molecule has 2 heteroatoms. The van der Waals surface area contributed by atoms with Crippen molar-refractivity contribution in [2.75, 3.05) is 7.11 Å². The van der Waals surface area contributed by atoms with E-state index in [9.17, 15) is 0 Å². The topological polar surface area (TPSA) is 9.23 Å². The third kappa shape index (κ3) is 7.10. The molecule has 0 spiro atoms. The van der Waals surface area contributed by atoms with Crippen LogP contribution in [0.4, 0.5) is 0 Å². The first-order valence-electron chi connectivity index (χ1n) is 5.79. The van der Waals surface area contributed by atoms with Gasteiger partial charge in [-0.3, -0.25) is 0 Å². The molecule has 0 radical (unpaired) electrons. The molecule has 0 aliphatic carbocycles. The summed E-state index contributed by atoms with van der Waals surface area (Å²) in [4.78, 5) is 2.34. The van der Waals surface area contributed by atoms with Crippen LogP contribution in [0, 0.1) is 0 Å². The van der Waals surface area contributed by atoms with Crippen molar-refractivity contribution in [2.45, 2.75) is 67.4 Å². The van der Waals surface area contributed by atoms with Crippen LogP contribution in [-0.4, -0.2) is 31.7 Å². The summed E-state index contributed by atoms with van der Waals surface area (Å²) in [5.41, 5.74) is 0. The second-order valence-electron chi connectivity index (χ2n) is 4.06. The Labute approximate surface area is 100 Å². The summed E-state index contributed by atoms with van der Waals surface area (Å²) in [7, 11) is 1.87. The van der Waals surface area contributed by atoms with E-state index in [1.54, 1.807) is 0 Å².